The normalized spacial score (nSPS) is 18.4. The van der Waals surface area contributed by atoms with Crippen molar-refractivity contribution in [2.45, 2.75) is 12.1 Å². The SMILES string of the molecule is Cn1c(NC2COCC2n2nc(-c3cccnc3)ccc2=O)nc2ccccc2c1=O. The summed E-state index contributed by atoms with van der Waals surface area (Å²) in [6.45, 7) is 0.682. The van der Waals surface area contributed by atoms with Gasteiger partial charge in [-0.2, -0.15) is 5.10 Å². The second-order valence-electron chi connectivity index (χ2n) is 7.42. The molecule has 0 spiro atoms. The van der Waals surface area contributed by atoms with Gasteiger partial charge < -0.3 is 10.1 Å². The zero-order valence-electron chi connectivity index (χ0n) is 16.8. The highest BCUT2D eigenvalue weighted by Crippen LogP contribution is 2.23. The molecule has 1 aliphatic heterocycles. The monoisotopic (exact) mass is 416 g/mol. The minimum absolute atomic E-state index is 0.141. The van der Waals surface area contributed by atoms with Crippen LogP contribution in [0.25, 0.3) is 22.2 Å². The van der Waals surface area contributed by atoms with Crippen molar-refractivity contribution in [1.82, 2.24) is 24.3 Å². The molecule has 1 saturated heterocycles. The van der Waals surface area contributed by atoms with Gasteiger partial charge in [0.1, 0.15) is 6.04 Å². The summed E-state index contributed by atoms with van der Waals surface area (Å²) >= 11 is 0. The number of para-hydroxylation sites is 1. The van der Waals surface area contributed by atoms with Gasteiger partial charge in [0.05, 0.1) is 35.9 Å². The predicted octanol–water partition coefficient (Wildman–Crippen LogP) is 1.60. The van der Waals surface area contributed by atoms with Gasteiger partial charge >= 0.3 is 0 Å². The summed E-state index contributed by atoms with van der Waals surface area (Å²) in [6.07, 6.45) is 3.39. The number of nitrogens with zero attached hydrogens (tertiary/aromatic N) is 5. The van der Waals surface area contributed by atoms with Crippen molar-refractivity contribution >= 4 is 16.9 Å². The van der Waals surface area contributed by atoms with Gasteiger partial charge in [-0.3, -0.25) is 19.1 Å². The molecular formula is C22H20N6O3. The quantitative estimate of drug-likeness (QED) is 0.539. The third-order valence-corrected chi connectivity index (χ3v) is 5.44. The first-order valence-electron chi connectivity index (χ1n) is 9.92. The van der Waals surface area contributed by atoms with Crippen molar-refractivity contribution in [3.05, 3.63) is 81.6 Å². The summed E-state index contributed by atoms with van der Waals surface area (Å²) in [6, 6.07) is 13.5. The fourth-order valence-electron chi connectivity index (χ4n) is 3.77. The van der Waals surface area contributed by atoms with Crippen LogP contribution in [0.4, 0.5) is 5.95 Å². The molecular weight excluding hydrogens is 396 g/mol. The Morgan fingerprint density at radius 1 is 1.06 bits per heavy atom. The van der Waals surface area contributed by atoms with Gasteiger partial charge in [0, 0.05) is 31.1 Å². The van der Waals surface area contributed by atoms with E-state index in [1.54, 1.807) is 37.6 Å². The van der Waals surface area contributed by atoms with E-state index in [1.807, 2.05) is 24.3 Å². The van der Waals surface area contributed by atoms with E-state index >= 15 is 0 Å². The maximum absolute atomic E-state index is 12.7. The van der Waals surface area contributed by atoms with Gasteiger partial charge in [-0.1, -0.05) is 12.1 Å². The van der Waals surface area contributed by atoms with Crippen LogP contribution in [0.15, 0.2) is 70.5 Å². The summed E-state index contributed by atoms with van der Waals surface area (Å²) in [7, 11) is 1.67. The summed E-state index contributed by atoms with van der Waals surface area (Å²) in [5.41, 5.74) is 1.71. The van der Waals surface area contributed by atoms with Gasteiger partial charge in [0.15, 0.2) is 0 Å². The fraction of sp³-hybridized carbons (Fsp3) is 0.227. The standard InChI is InChI=1S/C22H20N6O3/c1-27-21(30)15-6-2-3-7-17(15)24-22(27)25-18-12-31-13-19(18)28-20(29)9-8-16(26-28)14-5-4-10-23-11-14/h2-11,18-19H,12-13H2,1H3,(H,24,25). The number of benzene rings is 1. The van der Waals surface area contributed by atoms with E-state index in [4.69, 9.17) is 4.74 Å². The number of fused-ring (bicyclic) bond motifs is 1. The lowest BCUT2D eigenvalue weighted by Gasteiger charge is -2.22. The first-order valence-corrected chi connectivity index (χ1v) is 9.92. The predicted molar refractivity (Wildman–Crippen MR) is 116 cm³/mol. The smallest absolute Gasteiger partial charge is 0.267 e. The molecule has 9 heteroatoms. The Morgan fingerprint density at radius 3 is 2.77 bits per heavy atom. The molecule has 1 aliphatic rings. The van der Waals surface area contributed by atoms with Crippen LogP contribution in [0, 0.1) is 0 Å². The Balaban J connectivity index is 1.50. The number of nitrogens with one attached hydrogen (secondary N) is 1. The molecule has 156 valence electrons. The number of rotatable bonds is 4. The lowest BCUT2D eigenvalue weighted by Crippen LogP contribution is -2.38. The van der Waals surface area contributed by atoms with Gasteiger partial charge in [0.25, 0.3) is 11.1 Å². The maximum atomic E-state index is 12.7. The van der Waals surface area contributed by atoms with E-state index in [0.717, 1.165) is 5.56 Å². The number of aromatic nitrogens is 5. The summed E-state index contributed by atoms with van der Waals surface area (Å²) in [4.78, 5) is 34.0. The second kappa shape index (κ2) is 7.77. The molecule has 1 fully saturated rings. The van der Waals surface area contributed by atoms with Crippen molar-refractivity contribution in [1.29, 1.82) is 0 Å². The van der Waals surface area contributed by atoms with Crippen LogP contribution in [0.1, 0.15) is 6.04 Å². The highest BCUT2D eigenvalue weighted by molar-refractivity contribution is 5.78. The zero-order chi connectivity index (χ0) is 21.4. The maximum Gasteiger partial charge on any atom is 0.267 e. The van der Waals surface area contributed by atoms with Gasteiger partial charge in [-0.05, 0) is 30.3 Å². The molecule has 1 N–H and O–H groups in total. The Morgan fingerprint density at radius 2 is 1.94 bits per heavy atom. The zero-order valence-corrected chi connectivity index (χ0v) is 16.8. The molecule has 0 amide bonds. The average Bonchev–Trinajstić information content (AvgIpc) is 3.26. The highest BCUT2D eigenvalue weighted by Gasteiger charge is 2.32. The molecule has 0 aliphatic carbocycles. The third kappa shape index (κ3) is 3.49. The minimum Gasteiger partial charge on any atom is -0.377 e. The topological polar surface area (TPSA) is 104 Å². The molecule has 5 rings (SSSR count). The second-order valence-corrected chi connectivity index (χ2v) is 7.42. The van der Waals surface area contributed by atoms with Crippen molar-refractivity contribution in [3.63, 3.8) is 0 Å². The largest absolute Gasteiger partial charge is 0.377 e. The summed E-state index contributed by atoms with van der Waals surface area (Å²) in [5.74, 6) is 0.417. The van der Waals surface area contributed by atoms with Crippen LogP contribution in [0.3, 0.4) is 0 Å². The molecule has 9 nitrogen and oxygen atoms in total. The molecule has 31 heavy (non-hydrogen) atoms. The van der Waals surface area contributed by atoms with Gasteiger partial charge in [-0.25, -0.2) is 9.67 Å². The highest BCUT2D eigenvalue weighted by atomic mass is 16.5. The van der Waals surface area contributed by atoms with Crippen molar-refractivity contribution in [2.24, 2.45) is 7.05 Å². The van der Waals surface area contributed by atoms with E-state index < -0.39 is 0 Å². The van der Waals surface area contributed by atoms with E-state index in [2.05, 4.69) is 20.4 Å². The molecule has 2 atom stereocenters. The number of anilines is 1. The van der Waals surface area contributed by atoms with Crippen LogP contribution in [0.2, 0.25) is 0 Å². The van der Waals surface area contributed by atoms with Crippen molar-refractivity contribution < 1.29 is 4.74 Å². The summed E-state index contributed by atoms with van der Waals surface area (Å²) in [5, 5.41) is 8.41. The Kier molecular flexibility index (Phi) is 4.79. The Hall–Kier alpha value is -3.85. The number of pyridine rings is 1. The Labute approximate surface area is 177 Å². The number of hydrogen-bond donors (Lipinski definition) is 1. The van der Waals surface area contributed by atoms with E-state index in [9.17, 15) is 9.59 Å². The van der Waals surface area contributed by atoms with Crippen molar-refractivity contribution in [3.8, 4) is 11.3 Å². The molecule has 3 aromatic heterocycles. The third-order valence-electron chi connectivity index (χ3n) is 5.44. The lowest BCUT2D eigenvalue weighted by atomic mass is 10.1. The van der Waals surface area contributed by atoms with E-state index in [-0.39, 0.29) is 23.2 Å². The molecule has 0 radical (unpaired) electrons. The molecule has 2 unspecified atom stereocenters. The molecule has 0 bridgehead atoms. The first-order chi connectivity index (χ1) is 15.1. The van der Waals surface area contributed by atoms with Crippen LogP contribution in [-0.2, 0) is 11.8 Å². The van der Waals surface area contributed by atoms with Crippen LogP contribution in [-0.4, -0.2) is 43.6 Å². The van der Waals surface area contributed by atoms with E-state index in [0.29, 0.717) is 35.8 Å². The molecule has 1 aromatic carbocycles. The van der Waals surface area contributed by atoms with E-state index in [1.165, 1.54) is 15.3 Å². The van der Waals surface area contributed by atoms with Crippen LogP contribution < -0.4 is 16.4 Å². The minimum atomic E-state index is -0.354. The van der Waals surface area contributed by atoms with Gasteiger partial charge in [0.2, 0.25) is 5.95 Å². The summed E-state index contributed by atoms with van der Waals surface area (Å²) < 4.78 is 8.57. The Bertz CT molecular complexity index is 1370. The number of ether oxygens (including phenoxy) is 1. The molecule has 0 saturated carbocycles. The van der Waals surface area contributed by atoms with Crippen LogP contribution >= 0.6 is 0 Å². The first kappa shape index (κ1) is 19.1. The number of hydrogen-bond acceptors (Lipinski definition) is 7. The molecule has 4 heterocycles. The molecule has 4 aromatic rings. The van der Waals surface area contributed by atoms with Crippen molar-refractivity contribution in [2.75, 3.05) is 18.5 Å². The van der Waals surface area contributed by atoms with Crippen LogP contribution in [0.5, 0.6) is 0 Å². The fourth-order valence-corrected chi connectivity index (χ4v) is 3.77. The average molecular weight is 416 g/mol. The lowest BCUT2D eigenvalue weighted by molar-refractivity contribution is 0.183. The van der Waals surface area contributed by atoms with Gasteiger partial charge in [-0.15, -0.1) is 0 Å².